The van der Waals surface area contributed by atoms with Gasteiger partial charge in [-0.25, -0.2) is 0 Å². The van der Waals surface area contributed by atoms with Crippen LogP contribution in [0.25, 0.3) is 22.3 Å². The Labute approximate surface area is 161 Å². The van der Waals surface area contributed by atoms with Gasteiger partial charge in [-0.15, -0.1) is 0 Å². The third kappa shape index (κ3) is 2.25. The van der Waals surface area contributed by atoms with Gasteiger partial charge in [0.1, 0.15) is 0 Å². The molecule has 5 rings (SSSR count). The Balaban J connectivity index is 1.77. The first-order valence-corrected chi connectivity index (χ1v) is 10.6. The van der Waals surface area contributed by atoms with E-state index < -0.39 is 0 Å². The van der Waals surface area contributed by atoms with Crippen molar-refractivity contribution in [2.45, 2.75) is 71.3 Å². The van der Waals surface area contributed by atoms with E-state index in [0.29, 0.717) is 6.04 Å². The molecule has 3 heterocycles. The zero-order valence-electron chi connectivity index (χ0n) is 16.9. The molecule has 0 amide bonds. The van der Waals surface area contributed by atoms with E-state index in [-0.39, 0.29) is 5.41 Å². The second kappa shape index (κ2) is 5.88. The summed E-state index contributed by atoms with van der Waals surface area (Å²) in [6, 6.07) is 5.47. The van der Waals surface area contributed by atoms with Gasteiger partial charge in [0.05, 0.1) is 17.6 Å². The van der Waals surface area contributed by atoms with Crippen molar-refractivity contribution in [3.8, 4) is 11.4 Å². The molecule has 4 heteroatoms. The van der Waals surface area contributed by atoms with Crippen molar-refractivity contribution in [3.05, 3.63) is 35.0 Å². The third-order valence-electron chi connectivity index (χ3n) is 7.19. The molecule has 1 aromatic carbocycles. The maximum atomic E-state index is 4.31. The van der Waals surface area contributed by atoms with Gasteiger partial charge in [0, 0.05) is 34.6 Å². The second-order valence-corrected chi connectivity index (χ2v) is 8.73. The number of hydrogen-bond acceptors (Lipinski definition) is 2. The fourth-order valence-electron chi connectivity index (χ4n) is 5.41. The summed E-state index contributed by atoms with van der Waals surface area (Å²) in [6.07, 6.45) is 7.80. The van der Waals surface area contributed by atoms with Crippen LogP contribution in [0.15, 0.2) is 18.3 Å². The lowest BCUT2D eigenvalue weighted by atomic mass is 9.77. The Kier molecular flexibility index (Phi) is 3.68. The Bertz CT molecular complexity index is 1000. The number of hydrogen-bond donors (Lipinski definition) is 2. The number of nitrogens with one attached hydrogen (secondary N) is 2. The minimum Gasteiger partial charge on any atom is -0.368 e. The van der Waals surface area contributed by atoms with E-state index in [1.54, 1.807) is 0 Å². The predicted octanol–water partition coefficient (Wildman–Crippen LogP) is 5.33. The summed E-state index contributed by atoms with van der Waals surface area (Å²) >= 11 is 0. The molecule has 0 saturated heterocycles. The first kappa shape index (κ1) is 16.9. The first-order valence-electron chi connectivity index (χ1n) is 10.6. The Morgan fingerprint density at radius 3 is 2.70 bits per heavy atom. The molecule has 0 radical (unpaired) electrons. The zero-order valence-corrected chi connectivity index (χ0v) is 16.9. The average Bonchev–Trinajstić information content (AvgIpc) is 3.32. The van der Waals surface area contributed by atoms with E-state index in [1.165, 1.54) is 63.9 Å². The van der Waals surface area contributed by atoms with Crippen LogP contribution in [-0.2, 0) is 18.3 Å². The van der Waals surface area contributed by atoms with Crippen LogP contribution in [0, 0.1) is 0 Å². The highest BCUT2D eigenvalue weighted by atomic mass is 15.2. The summed E-state index contributed by atoms with van der Waals surface area (Å²) in [7, 11) is 0. The number of aromatic amines is 2. The normalized spacial score (nSPS) is 17.9. The summed E-state index contributed by atoms with van der Waals surface area (Å²) in [4.78, 5) is 6.39. The van der Waals surface area contributed by atoms with Crippen molar-refractivity contribution in [3.63, 3.8) is 0 Å². The van der Waals surface area contributed by atoms with Crippen molar-refractivity contribution in [1.29, 1.82) is 0 Å². The number of anilines is 1. The van der Waals surface area contributed by atoms with Crippen molar-refractivity contribution < 1.29 is 0 Å². The van der Waals surface area contributed by atoms with E-state index in [1.807, 2.05) is 6.20 Å². The van der Waals surface area contributed by atoms with E-state index in [9.17, 15) is 0 Å². The standard InChI is InChI=1S/C23H30N4/c1-5-23(6-2)13-27(14(3)4)20-10-17-16-9-7-8-15-12-24-26-21(15)22(16)25-19(17)11-18(20)23/h10-12,14,25H,5-9,13H2,1-4H3,(H,24,26). The van der Waals surface area contributed by atoms with E-state index in [4.69, 9.17) is 0 Å². The maximum Gasteiger partial charge on any atom is 0.0847 e. The number of benzene rings is 1. The molecule has 27 heavy (non-hydrogen) atoms. The molecule has 0 unspecified atom stereocenters. The van der Waals surface area contributed by atoms with Gasteiger partial charge in [0.25, 0.3) is 0 Å². The monoisotopic (exact) mass is 362 g/mol. The highest BCUT2D eigenvalue weighted by Gasteiger charge is 2.41. The van der Waals surface area contributed by atoms with Crippen LogP contribution in [-0.4, -0.2) is 27.8 Å². The van der Waals surface area contributed by atoms with Crippen LogP contribution in [0.3, 0.4) is 0 Å². The quantitative estimate of drug-likeness (QED) is 0.661. The molecule has 0 spiro atoms. The van der Waals surface area contributed by atoms with Gasteiger partial charge in [-0.05, 0) is 74.8 Å². The lowest BCUT2D eigenvalue weighted by Crippen LogP contribution is -2.36. The number of aryl methyl sites for hydroxylation is 2. The van der Waals surface area contributed by atoms with Gasteiger partial charge in [0.2, 0.25) is 0 Å². The number of rotatable bonds is 3. The number of aromatic nitrogens is 3. The van der Waals surface area contributed by atoms with Crippen LogP contribution in [0.5, 0.6) is 0 Å². The molecule has 0 saturated carbocycles. The molecule has 4 nitrogen and oxygen atoms in total. The minimum atomic E-state index is 0.273. The Hall–Kier alpha value is -2.23. The summed E-state index contributed by atoms with van der Waals surface area (Å²) in [6.45, 7) is 10.5. The lowest BCUT2D eigenvalue weighted by Gasteiger charge is -2.30. The van der Waals surface area contributed by atoms with Crippen molar-refractivity contribution in [2.24, 2.45) is 0 Å². The van der Waals surface area contributed by atoms with Crippen LogP contribution < -0.4 is 4.90 Å². The molecule has 0 bridgehead atoms. The number of fused-ring (bicyclic) bond motifs is 6. The highest BCUT2D eigenvalue weighted by molar-refractivity contribution is 5.95. The molecule has 142 valence electrons. The van der Waals surface area contributed by atoms with Crippen LogP contribution >= 0.6 is 0 Å². The molecule has 0 atom stereocenters. The van der Waals surface area contributed by atoms with E-state index >= 15 is 0 Å². The van der Waals surface area contributed by atoms with Crippen LogP contribution in [0.4, 0.5) is 5.69 Å². The fourth-order valence-corrected chi connectivity index (χ4v) is 5.41. The second-order valence-electron chi connectivity index (χ2n) is 8.73. The van der Waals surface area contributed by atoms with Gasteiger partial charge in [-0.1, -0.05) is 13.8 Å². The third-order valence-corrected chi connectivity index (χ3v) is 7.19. The topological polar surface area (TPSA) is 47.7 Å². The number of nitrogens with zero attached hydrogens (tertiary/aromatic N) is 2. The van der Waals surface area contributed by atoms with E-state index in [0.717, 1.165) is 19.4 Å². The fraction of sp³-hybridized carbons (Fsp3) is 0.522. The average molecular weight is 363 g/mol. The van der Waals surface area contributed by atoms with Crippen LogP contribution in [0.2, 0.25) is 0 Å². The largest absolute Gasteiger partial charge is 0.368 e. The molecule has 2 N–H and O–H groups in total. The van der Waals surface area contributed by atoms with Crippen molar-refractivity contribution in [1.82, 2.24) is 15.2 Å². The molecule has 1 aliphatic carbocycles. The molecule has 1 aliphatic heterocycles. The molecule has 3 aromatic rings. The van der Waals surface area contributed by atoms with Crippen molar-refractivity contribution in [2.75, 3.05) is 11.4 Å². The summed E-state index contributed by atoms with van der Waals surface area (Å²) < 4.78 is 0. The number of H-pyrrole nitrogens is 2. The molecule has 0 fully saturated rings. The van der Waals surface area contributed by atoms with Gasteiger partial charge < -0.3 is 9.88 Å². The summed E-state index contributed by atoms with van der Waals surface area (Å²) in [5.41, 5.74) is 9.81. The van der Waals surface area contributed by atoms with Gasteiger partial charge in [0.15, 0.2) is 0 Å². The first-order chi connectivity index (χ1) is 13.1. The van der Waals surface area contributed by atoms with Gasteiger partial charge in [-0.2, -0.15) is 5.10 Å². The highest BCUT2D eigenvalue weighted by Crippen LogP contribution is 2.49. The molecular weight excluding hydrogens is 332 g/mol. The Morgan fingerprint density at radius 2 is 1.96 bits per heavy atom. The molecular formula is C23H30N4. The maximum absolute atomic E-state index is 4.31. The molecule has 2 aromatic heterocycles. The summed E-state index contributed by atoms with van der Waals surface area (Å²) in [5, 5.41) is 8.96. The zero-order chi connectivity index (χ0) is 18.8. The SMILES string of the molecule is CCC1(CC)CN(C(C)C)c2cc3c4c([nH]c3cc21)-c1[nH]ncc1CCC4. The molecule has 2 aliphatic rings. The summed E-state index contributed by atoms with van der Waals surface area (Å²) in [5.74, 6) is 0. The van der Waals surface area contributed by atoms with E-state index in [2.05, 4.69) is 59.9 Å². The minimum absolute atomic E-state index is 0.273. The van der Waals surface area contributed by atoms with Gasteiger partial charge >= 0.3 is 0 Å². The predicted molar refractivity (Wildman–Crippen MR) is 113 cm³/mol. The van der Waals surface area contributed by atoms with Gasteiger partial charge in [-0.3, -0.25) is 5.10 Å². The lowest BCUT2D eigenvalue weighted by molar-refractivity contribution is 0.413. The van der Waals surface area contributed by atoms with Crippen LogP contribution in [0.1, 0.15) is 63.6 Å². The van der Waals surface area contributed by atoms with Crippen molar-refractivity contribution >= 4 is 16.6 Å². The smallest absolute Gasteiger partial charge is 0.0847 e. The Morgan fingerprint density at radius 1 is 1.15 bits per heavy atom.